The van der Waals surface area contributed by atoms with Crippen molar-refractivity contribution >= 4 is 29.9 Å². The minimum absolute atomic E-state index is 0. The van der Waals surface area contributed by atoms with Crippen molar-refractivity contribution in [2.75, 3.05) is 46.4 Å². The van der Waals surface area contributed by atoms with Crippen LogP contribution in [0.5, 0.6) is 11.5 Å². The van der Waals surface area contributed by atoms with Crippen LogP contribution in [0, 0.1) is 0 Å². The second-order valence-electron chi connectivity index (χ2n) is 7.26. The fraction of sp³-hybridized carbons (Fsp3) is 0.545. The number of aromatic nitrogens is 1. The summed E-state index contributed by atoms with van der Waals surface area (Å²) >= 11 is 0. The van der Waals surface area contributed by atoms with Crippen molar-refractivity contribution in [2.45, 2.75) is 33.4 Å². The Bertz CT molecular complexity index is 792. The standard InChI is InChI=1S/C22H33N5O3.HI/c1-4-13-29-20-7-6-18(15-21(20)28-3)16-24-22(23-5-2)27-11-9-26(10-12-27)17-19-8-14-30-25-19;/h6-8,14-15H,4-5,9-13,16-17H2,1-3H3,(H,23,24);1H. The highest BCUT2D eigenvalue weighted by Crippen LogP contribution is 2.28. The molecule has 172 valence electrons. The number of hydrogen-bond donors (Lipinski definition) is 1. The minimum atomic E-state index is 0. The van der Waals surface area contributed by atoms with Gasteiger partial charge in [0.1, 0.15) is 6.26 Å². The van der Waals surface area contributed by atoms with Crippen molar-refractivity contribution < 1.29 is 14.0 Å². The van der Waals surface area contributed by atoms with Crippen molar-refractivity contribution in [2.24, 2.45) is 4.99 Å². The number of guanidine groups is 1. The summed E-state index contributed by atoms with van der Waals surface area (Å²) in [5.74, 6) is 2.48. The monoisotopic (exact) mass is 543 g/mol. The molecule has 31 heavy (non-hydrogen) atoms. The zero-order valence-electron chi connectivity index (χ0n) is 18.7. The van der Waals surface area contributed by atoms with Crippen molar-refractivity contribution in [3.63, 3.8) is 0 Å². The quantitative estimate of drug-likeness (QED) is 0.295. The van der Waals surface area contributed by atoms with Crippen LogP contribution in [-0.2, 0) is 13.1 Å². The number of hydrogen-bond acceptors (Lipinski definition) is 6. The van der Waals surface area contributed by atoms with E-state index in [9.17, 15) is 0 Å². The number of nitrogens with zero attached hydrogens (tertiary/aromatic N) is 4. The lowest BCUT2D eigenvalue weighted by atomic mass is 10.2. The van der Waals surface area contributed by atoms with Gasteiger partial charge >= 0.3 is 0 Å². The van der Waals surface area contributed by atoms with Crippen LogP contribution in [0.25, 0.3) is 0 Å². The minimum Gasteiger partial charge on any atom is -0.493 e. The molecule has 1 N–H and O–H groups in total. The molecule has 0 spiro atoms. The molecule has 1 aliphatic rings. The SMILES string of the molecule is CCCOc1ccc(CN=C(NCC)N2CCN(Cc3ccon3)CC2)cc1OC.I. The molecule has 0 unspecified atom stereocenters. The predicted octanol–water partition coefficient (Wildman–Crippen LogP) is 3.37. The smallest absolute Gasteiger partial charge is 0.194 e. The maximum Gasteiger partial charge on any atom is 0.194 e. The Morgan fingerprint density at radius 2 is 1.97 bits per heavy atom. The number of halogens is 1. The van der Waals surface area contributed by atoms with Crippen LogP contribution in [-0.4, -0.2) is 67.4 Å². The van der Waals surface area contributed by atoms with Gasteiger partial charge in [0.25, 0.3) is 0 Å². The van der Waals surface area contributed by atoms with Crippen LogP contribution in [0.15, 0.2) is 40.0 Å². The van der Waals surface area contributed by atoms with E-state index >= 15 is 0 Å². The summed E-state index contributed by atoms with van der Waals surface area (Å²) in [7, 11) is 1.67. The molecule has 1 aromatic carbocycles. The van der Waals surface area contributed by atoms with E-state index in [2.05, 4.69) is 40.2 Å². The van der Waals surface area contributed by atoms with Gasteiger partial charge in [-0.3, -0.25) is 4.90 Å². The van der Waals surface area contributed by atoms with Gasteiger partial charge in [0.15, 0.2) is 17.5 Å². The van der Waals surface area contributed by atoms with Gasteiger partial charge in [0.2, 0.25) is 0 Å². The van der Waals surface area contributed by atoms with Gasteiger partial charge in [-0.1, -0.05) is 18.1 Å². The van der Waals surface area contributed by atoms with Gasteiger partial charge in [0, 0.05) is 45.3 Å². The molecule has 1 saturated heterocycles. The molecule has 0 bridgehead atoms. The number of rotatable bonds is 9. The first-order valence-corrected chi connectivity index (χ1v) is 10.7. The largest absolute Gasteiger partial charge is 0.493 e. The molecule has 2 aromatic rings. The zero-order valence-corrected chi connectivity index (χ0v) is 21.0. The highest BCUT2D eigenvalue weighted by molar-refractivity contribution is 14.0. The fourth-order valence-electron chi connectivity index (χ4n) is 3.40. The van der Waals surface area contributed by atoms with Crippen molar-refractivity contribution in [3.8, 4) is 11.5 Å². The molecular formula is C22H34IN5O3. The Labute approximate surface area is 202 Å². The van der Waals surface area contributed by atoms with Crippen LogP contribution in [0.3, 0.4) is 0 Å². The van der Waals surface area contributed by atoms with Crippen LogP contribution < -0.4 is 14.8 Å². The molecular weight excluding hydrogens is 509 g/mol. The Hall–Kier alpha value is -2.01. The van der Waals surface area contributed by atoms with E-state index in [1.54, 1.807) is 13.4 Å². The second kappa shape index (κ2) is 13.4. The first-order chi connectivity index (χ1) is 14.7. The maximum absolute atomic E-state index is 5.74. The number of piperazine rings is 1. The van der Waals surface area contributed by atoms with E-state index in [0.29, 0.717) is 13.2 Å². The summed E-state index contributed by atoms with van der Waals surface area (Å²) in [6, 6.07) is 7.95. The summed E-state index contributed by atoms with van der Waals surface area (Å²) in [4.78, 5) is 9.57. The van der Waals surface area contributed by atoms with Gasteiger partial charge in [-0.15, -0.1) is 24.0 Å². The van der Waals surface area contributed by atoms with Crippen molar-refractivity contribution in [1.29, 1.82) is 0 Å². The molecule has 0 amide bonds. The van der Waals surface area contributed by atoms with Crippen LogP contribution in [0.2, 0.25) is 0 Å². The lowest BCUT2D eigenvalue weighted by Gasteiger charge is -2.36. The zero-order chi connectivity index (χ0) is 21.2. The summed E-state index contributed by atoms with van der Waals surface area (Å²) in [6.07, 6.45) is 2.59. The van der Waals surface area contributed by atoms with E-state index in [0.717, 1.165) is 74.4 Å². The lowest BCUT2D eigenvalue weighted by Crippen LogP contribution is -2.52. The second-order valence-corrected chi connectivity index (χ2v) is 7.26. The molecule has 0 saturated carbocycles. The number of aliphatic imine (C=N–C) groups is 1. The summed E-state index contributed by atoms with van der Waals surface area (Å²) < 4.78 is 16.2. The summed E-state index contributed by atoms with van der Waals surface area (Å²) in [6.45, 7) is 10.9. The van der Waals surface area contributed by atoms with E-state index in [4.69, 9.17) is 19.0 Å². The molecule has 0 aliphatic carbocycles. The van der Waals surface area contributed by atoms with E-state index in [1.807, 2.05) is 18.2 Å². The van der Waals surface area contributed by atoms with Crippen LogP contribution in [0.4, 0.5) is 0 Å². The molecule has 0 atom stereocenters. The predicted molar refractivity (Wildman–Crippen MR) is 132 cm³/mol. The third-order valence-electron chi connectivity index (χ3n) is 4.98. The van der Waals surface area contributed by atoms with Crippen molar-refractivity contribution in [3.05, 3.63) is 41.8 Å². The summed E-state index contributed by atoms with van der Waals surface area (Å²) in [5, 5.41) is 7.43. The Kier molecular flexibility index (Phi) is 10.9. The van der Waals surface area contributed by atoms with Gasteiger partial charge in [-0.25, -0.2) is 4.99 Å². The van der Waals surface area contributed by atoms with E-state index in [-0.39, 0.29) is 24.0 Å². The number of ether oxygens (including phenoxy) is 2. The van der Waals surface area contributed by atoms with Gasteiger partial charge in [0.05, 0.1) is 26.0 Å². The average molecular weight is 543 g/mol. The Balaban J connectivity index is 0.00000341. The third-order valence-corrected chi connectivity index (χ3v) is 4.98. The first-order valence-electron chi connectivity index (χ1n) is 10.7. The highest BCUT2D eigenvalue weighted by Gasteiger charge is 2.20. The van der Waals surface area contributed by atoms with E-state index < -0.39 is 0 Å². The number of benzene rings is 1. The molecule has 8 nitrogen and oxygen atoms in total. The molecule has 2 heterocycles. The Morgan fingerprint density at radius 3 is 2.61 bits per heavy atom. The van der Waals surface area contributed by atoms with Gasteiger partial charge in [-0.2, -0.15) is 0 Å². The van der Waals surface area contributed by atoms with Gasteiger partial charge in [-0.05, 0) is 31.0 Å². The fourth-order valence-corrected chi connectivity index (χ4v) is 3.40. The molecule has 9 heteroatoms. The topological polar surface area (TPSA) is 75.4 Å². The average Bonchev–Trinajstić information content (AvgIpc) is 3.29. The molecule has 0 radical (unpaired) electrons. The summed E-state index contributed by atoms with van der Waals surface area (Å²) in [5.41, 5.74) is 2.07. The van der Waals surface area contributed by atoms with Crippen LogP contribution in [0.1, 0.15) is 31.5 Å². The van der Waals surface area contributed by atoms with Crippen molar-refractivity contribution in [1.82, 2.24) is 20.3 Å². The normalized spacial score (nSPS) is 14.8. The van der Waals surface area contributed by atoms with Crippen LogP contribution >= 0.6 is 24.0 Å². The molecule has 1 fully saturated rings. The maximum atomic E-state index is 5.74. The number of nitrogens with one attached hydrogen (secondary N) is 1. The van der Waals surface area contributed by atoms with E-state index in [1.165, 1.54) is 0 Å². The third kappa shape index (κ3) is 7.57. The highest BCUT2D eigenvalue weighted by atomic mass is 127. The van der Waals surface area contributed by atoms with Gasteiger partial charge < -0.3 is 24.2 Å². The lowest BCUT2D eigenvalue weighted by molar-refractivity contribution is 0.169. The molecule has 1 aromatic heterocycles. The molecule has 1 aliphatic heterocycles. The first kappa shape index (κ1) is 25.3. The molecule has 3 rings (SSSR count). The number of methoxy groups -OCH3 is 1. The Morgan fingerprint density at radius 1 is 1.16 bits per heavy atom.